The second kappa shape index (κ2) is 8.62. The molecule has 0 fully saturated rings. The quantitative estimate of drug-likeness (QED) is 0.387. The van der Waals surface area contributed by atoms with Crippen molar-refractivity contribution >= 4 is 15.9 Å². The van der Waals surface area contributed by atoms with Crippen LogP contribution < -0.4 is 9.47 Å². The van der Waals surface area contributed by atoms with E-state index in [0.717, 1.165) is 16.8 Å². The fourth-order valence-corrected chi connectivity index (χ4v) is 3.37. The molecule has 1 N–H and O–H groups in total. The fourth-order valence-electron chi connectivity index (χ4n) is 2.88. The summed E-state index contributed by atoms with van der Waals surface area (Å²) in [5, 5.41) is 0. The molecule has 0 radical (unpaired) electrons. The van der Waals surface area contributed by atoms with Gasteiger partial charge in [-0.25, -0.2) is 9.97 Å². The highest BCUT2D eigenvalue weighted by molar-refractivity contribution is 9.10. The van der Waals surface area contributed by atoms with E-state index in [1.807, 2.05) is 43.5 Å². The number of imidazole rings is 1. The Labute approximate surface area is 181 Å². The molecule has 4 rings (SSSR count). The van der Waals surface area contributed by atoms with Gasteiger partial charge in [0.25, 0.3) is 0 Å². The summed E-state index contributed by atoms with van der Waals surface area (Å²) in [6, 6.07) is 12.4. The third-order valence-electron chi connectivity index (χ3n) is 4.45. The molecular formula is C22H18BrFN4O2. The molecule has 0 unspecified atom stereocenters. The summed E-state index contributed by atoms with van der Waals surface area (Å²) in [5.41, 5.74) is 4.06. The van der Waals surface area contributed by atoms with E-state index in [1.54, 1.807) is 13.2 Å². The highest BCUT2D eigenvalue weighted by Gasteiger charge is 2.17. The lowest BCUT2D eigenvalue weighted by Gasteiger charge is -2.11. The number of nitrogens with zero attached hydrogens (tertiary/aromatic N) is 3. The van der Waals surface area contributed by atoms with E-state index in [0.29, 0.717) is 39.8 Å². The Hall–Kier alpha value is -3.26. The molecule has 6 nitrogen and oxygen atoms in total. The molecule has 0 aliphatic rings. The summed E-state index contributed by atoms with van der Waals surface area (Å²) in [6.07, 6.45) is 3.24. The number of aryl methyl sites for hydroxylation is 1. The van der Waals surface area contributed by atoms with Crippen molar-refractivity contribution in [1.29, 1.82) is 0 Å². The number of nitrogens with one attached hydrogen (secondary N) is 1. The van der Waals surface area contributed by atoms with Crippen LogP contribution in [0.4, 0.5) is 4.39 Å². The number of rotatable bonds is 6. The van der Waals surface area contributed by atoms with Gasteiger partial charge in [-0.1, -0.05) is 6.07 Å². The first-order valence-electron chi connectivity index (χ1n) is 9.13. The highest BCUT2D eigenvalue weighted by atomic mass is 79.9. The van der Waals surface area contributed by atoms with Gasteiger partial charge in [0.2, 0.25) is 5.95 Å². The zero-order valence-corrected chi connectivity index (χ0v) is 17.9. The second-order valence-corrected chi connectivity index (χ2v) is 7.39. The first kappa shape index (κ1) is 20.0. The zero-order chi connectivity index (χ0) is 21.1. The molecule has 0 saturated heterocycles. The number of pyridine rings is 2. The monoisotopic (exact) mass is 468 g/mol. The van der Waals surface area contributed by atoms with Gasteiger partial charge in [-0.05, 0) is 58.7 Å². The summed E-state index contributed by atoms with van der Waals surface area (Å²) < 4.78 is 25.2. The number of hydrogen-bond acceptors (Lipinski definition) is 5. The van der Waals surface area contributed by atoms with E-state index in [4.69, 9.17) is 9.47 Å². The number of halogens is 2. The average molecular weight is 469 g/mol. The van der Waals surface area contributed by atoms with Gasteiger partial charge < -0.3 is 14.5 Å². The Morgan fingerprint density at radius 1 is 1.07 bits per heavy atom. The standard InChI is InChI=1S/C22H18BrFN4O2/c1-13-3-5-15(25-10-13)12-30-16-6-7-17(18(9-16)29-2)20-21(23)28-22(27-20)14-4-8-19(24)26-11-14/h3-11H,12H2,1-2H3,(H,27,28). The van der Waals surface area contributed by atoms with E-state index in [2.05, 4.69) is 35.9 Å². The molecule has 4 aromatic rings. The van der Waals surface area contributed by atoms with E-state index in [-0.39, 0.29) is 0 Å². The van der Waals surface area contributed by atoms with Gasteiger partial charge in [-0.3, -0.25) is 4.98 Å². The van der Waals surface area contributed by atoms with Crippen molar-refractivity contribution in [1.82, 2.24) is 19.9 Å². The molecule has 152 valence electrons. The maximum Gasteiger partial charge on any atom is 0.212 e. The molecule has 1 aromatic carbocycles. The number of hydrogen-bond donors (Lipinski definition) is 1. The number of methoxy groups -OCH3 is 1. The SMILES string of the molecule is COc1cc(OCc2ccc(C)cn2)ccc1-c1nc(-c2ccc(F)nc2)[nH]c1Br. The van der Waals surface area contributed by atoms with E-state index < -0.39 is 5.95 Å². The van der Waals surface area contributed by atoms with Gasteiger partial charge in [0, 0.05) is 29.6 Å². The number of benzene rings is 1. The first-order chi connectivity index (χ1) is 14.5. The van der Waals surface area contributed by atoms with Gasteiger partial charge in [0.15, 0.2) is 0 Å². The molecule has 3 heterocycles. The predicted molar refractivity (Wildman–Crippen MR) is 115 cm³/mol. The molecule has 0 amide bonds. The van der Waals surface area contributed by atoms with Crippen LogP contribution in [0.15, 0.2) is 59.5 Å². The zero-order valence-electron chi connectivity index (χ0n) is 16.3. The van der Waals surface area contributed by atoms with Crippen LogP contribution in [-0.2, 0) is 6.61 Å². The van der Waals surface area contributed by atoms with Crippen molar-refractivity contribution in [2.45, 2.75) is 13.5 Å². The Morgan fingerprint density at radius 3 is 2.63 bits per heavy atom. The molecule has 0 atom stereocenters. The highest BCUT2D eigenvalue weighted by Crippen LogP contribution is 2.37. The Kier molecular flexibility index (Phi) is 5.76. The van der Waals surface area contributed by atoms with Gasteiger partial charge in [0.1, 0.15) is 34.2 Å². The molecule has 0 bridgehead atoms. The van der Waals surface area contributed by atoms with Crippen LogP contribution in [0.5, 0.6) is 11.5 Å². The van der Waals surface area contributed by atoms with E-state index in [1.165, 1.54) is 12.3 Å². The van der Waals surface area contributed by atoms with E-state index >= 15 is 0 Å². The van der Waals surface area contributed by atoms with Crippen LogP contribution in [0.3, 0.4) is 0 Å². The van der Waals surface area contributed by atoms with Gasteiger partial charge in [0.05, 0.1) is 12.8 Å². The summed E-state index contributed by atoms with van der Waals surface area (Å²) in [7, 11) is 1.59. The van der Waals surface area contributed by atoms with Crippen LogP contribution in [-0.4, -0.2) is 27.0 Å². The Morgan fingerprint density at radius 2 is 1.93 bits per heavy atom. The van der Waals surface area contributed by atoms with Crippen LogP contribution in [0, 0.1) is 12.9 Å². The number of H-pyrrole nitrogens is 1. The number of aromatic amines is 1. The fraction of sp³-hybridized carbons (Fsp3) is 0.136. The molecule has 8 heteroatoms. The van der Waals surface area contributed by atoms with Crippen LogP contribution >= 0.6 is 15.9 Å². The van der Waals surface area contributed by atoms with Crippen molar-refractivity contribution in [3.8, 4) is 34.1 Å². The predicted octanol–water partition coefficient (Wildman–Crippen LogP) is 5.33. The summed E-state index contributed by atoms with van der Waals surface area (Å²) >= 11 is 3.51. The van der Waals surface area contributed by atoms with Gasteiger partial charge in [-0.15, -0.1) is 0 Å². The third-order valence-corrected chi connectivity index (χ3v) is 5.02. The smallest absolute Gasteiger partial charge is 0.212 e. The van der Waals surface area contributed by atoms with Crippen molar-refractivity contribution in [3.05, 3.63) is 76.7 Å². The van der Waals surface area contributed by atoms with Crippen molar-refractivity contribution < 1.29 is 13.9 Å². The topological polar surface area (TPSA) is 72.9 Å². The third kappa shape index (κ3) is 4.33. The van der Waals surface area contributed by atoms with Crippen molar-refractivity contribution in [2.24, 2.45) is 0 Å². The number of ether oxygens (including phenoxy) is 2. The lowest BCUT2D eigenvalue weighted by molar-refractivity contribution is 0.299. The first-order valence-corrected chi connectivity index (χ1v) is 9.93. The van der Waals surface area contributed by atoms with Crippen LogP contribution in [0.1, 0.15) is 11.3 Å². The van der Waals surface area contributed by atoms with E-state index in [9.17, 15) is 4.39 Å². The van der Waals surface area contributed by atoms with Crippen molar-refractivity contribution in [2.75, 3.05) is 7.11 Å². The maximum atomic E-state index is 13.1. The van der Waals surface area contributed by atoms with Crippen LogP contribution in [0.25, 0.3) is 22.6 Å². The normalized spacial score (nSPS) is 10.8. The summed E-state index contributed by atoms with van der Waals surface area (Å²) in [4.78, 5) is 15.8. The Bertz CT molecular complexity index is 1160. The van der Waals surface area contributed by atoms with Crippen LogP contribution in [0.2, 0.25) is 0 Å². The second-order valence-electron chi connectivity index (χ2n) is 6.60. The number of aromatic nitrogens is 4. The van der Waals surface area contributed by atoms with Crippen molar-refractivity contribution in [3.63, 3.8) is 0 Å². The minimum absolute atomic E-state index is 0.358. The van der Waals surface area contributed by atoms with Gasteiger partial charge in [-0.2, -0.15) is 4.39 Å². The summed E-state index contributed by atoms with van der Waals surface area (Å²) in [6.45, 7) is 2.35. The molecule has 0 saturated carbocycles. The molecule has 30 heavy (non-hydrogen) atoms. The largest absolute Gasteiger partial charge is 0.496 e. The molecule has 0 aliphatic heterocycles. The van der Waals surface area contributed by atoms with Gasteiger partial charge >= 0.3 is 0 Å². The molecule has 0 aliphatic carbocycles. The molecular weight excluding hydrogens is 451 g/mol. The Balaban J connectivity index is 1.58. The maximum absolute atomic E-state index is 13.1. The molecule has 3 aromatic heterocycles. The minimum atomic E-state index is -0.539. The lowest BCUT2D eigenvalue weighted by Crippen LogP contribution is -1.99. The lowest BCUT2D eigenvalue weighted by atomic mass is 10.1. The summed E-state index contributed by atoms with van der Waals surface area (Å²) in [5.74, 6) is 1.30. The molecule has 0 spiro atoms. The average Bonchev–Trinajstić information content (AvgIpc) is 3.15. The minimum Gasteiger partial charge on any atom is -0.496 e.